The van der Waals surface area contributed by atoms with Crippen molar-refractivity contribution in [2.75, 3.05) is 44.0 Å². The number of nitrogens with one attached hydrogen (secondary N) is 2. The number of benzene rings is 1. The first-order valence-corrected chi connectivity index (χ1v) is 13.7. The molecule has 0 bridgehead atoms. The molecule has 0 spiro atoms. The molecule has 3 aromatic heterocycles. The Morgan fingerprint density at radius 1 is 1.20 bits per heavy atom. The number of thiazole rings is 1. The Kier molecular flexibility index (Phi) is 9.10. The predicted molar refractivity (Wildman–Crippen MR) is 157 cm³/mol. The van der Waals surface area contributed by atoms with Gasteiger partial charge in [-0.2, -0.15) is 0 Å². The molecule has 1 amide bonds. The van der Waals surface area contributed by atoms with Crippen LogP contribution < -0.4 is 20.3 Å². The minimum absolute atomic E-state index is 0.566. The number of rotatable bonds is 8. The fourth-order valence-corrected chi connectivity index (χ4v) is 5.28. The Hall–Kier alpha value is -4.32. The molecule has 0 unspecified atom stereocenters. The van der Waals surface area contributed by atoms with Crippen molar-refractivity contribution in [1.82, 2.24) is 25.3 Å². The summed E-state index contributed by atoms with van der Waals surface area (Å²) in [7, 11) is 3.49. The number of hydrogen-bond donors (Lipinski definition) is 3. The fourth-order valence-electron chi connectivity index (χ4n) is 4.37. The van der Waals surface area contributed by atoms with Gasteiger partial charge in [0.15, 0.2) is 5.13 Å². The topological polar surface area (TPSA) is 142 Å². The lowest BCUT2D eigenvalue weighted by atomic mass is 9.80. The molecule has 210 valence electrons. The molecule has 11 nitrogen and oxygen atoms in total. The van der Waals surface area contributed by atoms with Crippen LogP contribution in [0.1, 0.15) is 26.7 Å². The van der Waals surface area contributed by atoms with Crippen molar-refractivity contribution >= 4 is 45.0 Å². The van der Waals surface area contributed by atoms with Gasteiger partial charge in [0.25, 0.3) is 0 Å². The summed E-state index contributed by atoms with van der Waals surface area (Å²) < 4.78 is 6.59. The van der Waals surface area contributed by atoms with Gasteiger partial charge in [-0.1, -0.05) is 11.3 Å². The summed E-state index contributed by atoms with van der Waals surface area (Å²) >= 11 is 1.57. The Morgan fingerprint density at radius 3 is 2.50 bits per heavy atom. The summed E-state index contributed by atoms with van der Waals surface area (Å²) in [4.78, 5) is 41.4. The van der Waals surface area contributed by atoms with Crippen LogP contribution in [0.2, 0.25) is 0 Å². The average Bonchev–Trinajstić information content (AvgIpc) is 3.41. The Bertz CT molecular complexity index is 1470. The van der Waals surface area contributed by atoms with E-state index in [1.165, 1.54) is 0 Å². The minimum atomic E-state index is -0.743. The van der Waals surface area contributed by atoms with E-state index >= 15 is 0 Å². The van der Waals surface area contributed by atoms with E-state index in [0.29, 0.717) is 44.0 Å². The standard InChI is InChI=1S/C25H26N6O3S.C3H7NO/c1-25(22(32)33)6-9-31(10-7-25)23-28-13-16(14-29-23)15-11-17(20-19(34-3)5-4-8-27-20)21-18(12-15)30-24(26-2)35-21;1-2-4-3-5/h4-5,8,11-14H,6-7,9-10H2,1-3H3,(H,26,30)(H,32,33);3H,2H2,1H3,(H,4,5). The predicted octanol–water partition coefficient (Wildman–Crippen LogP) is 4.31. The number of methoxy groups -OCH3 is 1. The van der Waals surface area contributed by atoms with E-state index in [0.717, 1.165) is 44.3 Å². The largest absolute Gasteiger partial charge is 0.494 e. The van der Waals surface area contributed by atoms with Crippen LogP contribution in [0.3, 0.4) is 0 Å². The van der Waals surface area contributed by atoms with Crippen molar-refractivity contribution in [3.63, 3.8) is 0 Å². The average molecular weight is 564 g/mol. The number of aromatic nitrogens is 4. The molecule has 1 aromatic carbocycles. The van der Waals surface area contributed by atoms with Crippen LogP contribution in [-0.2, 0) is 9.59 Å². The number of carbonyl (C=O) groups is 2. The number of ether oxygens (including phenoxy) is 1. The number of carboxylic acids is 1. The third-order valence-electron chi connectivity index (χ3n) is 6.87. The molecule has 0 saturated carbocycles. The maximum Gasteiger partial charge on any atom is 0.309 e. The molecule has 1 aliphatic heterocycles. The summed E-state index contributed by atoms with van der Waals surface area (Å²) in [6, 6.07) is 7.85. The summed E-state index contributed by atoms with van der Waals surface area (Å²) in [5.74, 6) is 0.558. The van der Waals surface area contributed by atoms with Gasteiger partial charge in [-0.25, -0.2) is 15.0 Å². The Morgan fingerprint density at radius 2 is 1.93 bits per heavy atom. The maximum absolute atomic E-state index is 11.5. The molecule has 0 atom stereocenters. The van der Waals surface area contributed by atoms with E-state index in [4.69, 9.17) is 9.72 Å². The molecule has 5 rings (SSSR count). The van der Waals surface area contributed by atoms with Gasteiger partial charge in [0, 0.05) is 56.4 Å². The third kappa shape index (κ3) is 6.12. The van der Waals surface area contributed by atoms with Gasteiger partial charge in [-0.3, -0.25) is 14.6 Å². The molecule has 3 N–H and O–H groups in total. The molecular weight excluding hydrogens is 530 g/mol. The second-order valence-electron chi connectivity index (χ2n) is 9.50. The fraction of sp³-hybridized carbons (Fsp3) is 0.357. The SMILES string of the molecule is CCNC=O.CNc1nc2cc(-c3cnc(N4CCC(C)(C(=O)O)CC4)nc3)cc(-c3ncccc3OC)c2s1. The van der Waals surface area contributed by atoms with Crippen LogP contribution in [0.5, 0.6) is 5.75 Å². The van der Waals surface area contributed by atoms with E-state index < -0.39 is 11.4 Å². The van der Waals surface area contributed by atoms with Gasteiger partial charge in [-0.15, -0.1) is 0 Å². The van der Waals surface area contributed by atoms with Crippen molar-refractivity contribution in [3.05, 3.63) is 42.9 Å². The second kappa shape index (κ2) is 12.7. The van der Waals surface area contributed by atoms with Crippen molar-refractivity contribution < 1.29 is 19.4 Å². The summed E-state index contributed by atoms with van der Waals surface area (Å²) in [6.07, 6.45) is 7.18. The number of amides is 1. The molecule has 4 heterocycles. The summed E-state index contributed by atoms with van der Waals surface area (Å²) in [5, 5.41) is 15.9. The summed E-state index contributed by atoms with van der Waals surface area (Å²) in [6.45, 7) is 5.63. The van der Waals surface area contributed by atoms with Crippen LogP contribution in [0.4, 0.5) is 11.1 Å². The van der Waals surface area contributed by atoms with Gasteiger partial charge in [0.1, 0.15) is 11.4 Å². The van der Waals surface area contributed by atoms with Crippen molar-refractivity contribution in [2.45, 2.75) is 26.7 Å². The molecule has 1 saturated heterocycles. The lowest BCUT2D eigenvalue weighted by Crippen LogP contribution is -2.43. The lowest BCUT2D eigenvalue weighted by molar-refractivity contribution is -0.149. The summed E-state index contributed by atoms with van der Waals surface area (Å²) in [5.41, 5.74) is 3.64. The van der Waals surface area contributed by atoms with Gasteiger partial charge in [-0.05, 0) is 56.5 Å². The normalized spacial score (nSPS) is 14.2. The maximum atomic E-state index is 11.5. The highest BCUT2D eigenvalue weighted by Gasteiger charge is 2.37. The minimum Gasteiger partial charge on any atom is -0.494 e. The number of fused-ring (bicyclic) bond motifs is 1. The van der Waals surface area contributed by atoms with Crippen molar-refractivity contribution in [3.8, 4) is 28.1 Å². The molecule has 0 aliphatic carbocycles. The second-order valence-corrected chi connectivity index (χ2v) is 10.5. The molecule has 1 aliphatic rings. The van der Waals surface area contributed by atoms with Crippen LogP contribution in [0.15, 0.2) is 42.9 Å². The zero-order chi connectivity index (χ0) is 28.7. The van der Waals surface area contributed by atoms with Crippen LogP contribution in [0.25, 0.3) is 32.6 Å². The first-order chi connectivity index (χ1) is 19.3. The number of aliphatic carboxylic acids is 1. The highest BCUT2D eigenvalue weighted by molar-refractivity contribution is 7.22. The molecule has 40 heavy (non-hydrogen) atoms. The first-order valence-electron chi connectivity index (χ1n) is 12.9. The third-order valence-corrected chi connectivity index (χ3v) is 8.00. The number of piperidine rings is 1. The van der Waals surface area contributed by atoms with Crippen LogP contribution >= 0.6 is 11.3 Å². The van der Waals surface area contributed by atoms with Gasteiger partial charge < -0.3 is 25.4 Å². The first kappa shape index (κ1) is 28.7. The molecule has 12 heteroatoms. The van der Waals surface area contributed by atoms with Crippen molar-refractivity contribution in [2.24, 2.45) is 5.41 Å². The molecule has 0 radical (unpaired) electrons. The number of pyridine rings is 1. The van der Waals surface area contributed by atoms with E-state index in [1.54, 1.807) is 44.0 Å². The quantitative estimate of drug-likeness (QED) is 0.265. The number of carbonyl (C=O) groups excluding carboxylic acids is 1. The highest BCUT2D eigenvalue weighted by atomic mass is 32.1. The Balaban J connectivity index is 0.000000681. The van der Waals surface area contributed by atoms with Gasteiger partial charge in [0.05, 0.1) is 22.7 Å². The van der Waals surface area contributed by atoms with E-state index in [-0.39, 0.29) is 0 Å². The van der Waals surface area contributed by atoms with Crippen LogP contribution in [0, 0.1) is 5.41 Å². The van der Waals surface area contributed by atoms with E-state index in [2.05, 4.69) is 31.7 Å². The van der Waals surface area contributed by atoms with Gasteiger partial charge >= 0.3 is 5.97 Å². The Labute approximate surface area is 236 Å². The molecular formula is C28H33N7O4S. The van der Waals surface area contributed by atoms with Gasteiger partial charge in [0.2, 0.25) is 12.4 Å². The lowest BCUT2D eigenvalue weighted by Gasteiger charge is -2.36. The highest BCUT2D eigenvalue weighted by Crippen LogP contribution is 2.40. The molecule has 4 aromatic rings. The zero-order valence-corrected chi connectivity index (χ0v) is 23.8. The van der Waals surface area contributed by atoms with Crippen LogP contribution in [-0.4, -0.2) is 71.2 Å². The van der Waals surface area contributed by atoms with Crippen molar-refractivity contribution in [1.29, 1.82) is 0 Å². The molecule has 1 fully saturated rings. The number of anilines is 2. The smallest absolute Gasteiger partial charge is 0.309 e. The zero-order valence-electron chi connectivity index (χ0n) is 23.0. The monoisotopic (exact) mass is 563 g/mol. The number of carboxylic acid groups (broad SMARTS) is 1. The van der Waals surface area contributed by atoms with E-state index in [9.17, 15) is 14.7 Å². The number of nitrogens with zero attached hydrogens (tertiary/aromatic N) is 5. The van der Waals surface area contributed by atoms with E-state index in [1.807, 2.05) is 37.1 Å². The number of hydrogen-bond acceptors (Lipinski definition) is 10.